The van der Waals surface area contributed by atoms with Crippen LogP contribution >= 0.6 is 0 Å². The van der Waals surface area contributed by atoms with Gasteiger partial charge < -0.3 is 4.90 Å². The van der Waals surface area contributed by atoms with Gasteiger partial charge in [0.25, 0.3) is 0 Å². The number of nitrogens with zero attached hydrogens (tertiary/aromatic N) is 1. The molecular formula is C53H39N. The van der Waals surface area contributed by atoms with Crippen LogP contribution in [-0.4, -0.2) is 0 Å². The predicted octanol–water partition coefficient (Wildman–Crippen LogP) is 14.9. The van der Waals surface area contributed by atoms with Crippen LogP contribution in [0.2, 0.25) is 0 Å². The number of fused-ring (bicyclic) bond motifs is 6. The highest BCUT2D eigenvalue weighted by atomic mass is 15.1. The summed E-state index contributed by atoms with van der Waals surface area (Å²) in [6.45, 7) is 6.31. The van der Waals surface area contributed by atoms with Gasteiger partial charge in [0.05, 0.1) is 0 Å². The fourth-order valence-electron chi connectivity index (χ4n) is 7.93. The third kappa shape index (κ3) is 6.06. The van der Waals surface area contributed by atoms with E-state index >= 15 is 0 Å². The maximum atomic E-state index is 4.13. The number of anilines is 2. The molecule has 0 bridgehead atoms. The molecule has 0 aliphatic heterocycles. The molecule has 1 nitrogen and oxygen atoms in total. The maximum Gasteiger partial charge on any atom is 0.0464 e. The van der Waals surface area contributed by atoms with Crippen molar-refractivity contribution in [3.05, 3.63) is 224 Å². The van der Waals surface area contributed by atoms with Crippen molar-refractivity contribution in [2.75, 3.05) is 4.90 Å². The molecule has 0 saturated carbocycles. The Kier molecular flexibility index (Phi) is 8.67. The third-order valence-electron chi connectivity index (χ3n) is 10.5. The summed E-state index contributed by atoms with van der Waals surface area (Å²) in [6, 6.07) is 68.0. The largest absolute Gasteiger partial charge is 0.310 e. The fourth-order valence-corrected chi connectivity index (χ4v) is 7.93. The van der Waals surface area contributed by atoms with Crippen LogP contribution in [0.25, 0.3) is 70.9 Å². The summed E-state index contributed by atoms with van der Waals surface area (Å²) in [5.74, 6) is 0. The van der Waals surface area contributed by atoms with Gasteiger partial charge in [-0.1, -0.05) is 164 Å². The van der Waals surface area contributed by atoms with Gasteiger partial charge in [-0.3, -0.25) is 0 Å². The van der Waals surface area contributed by atoms with Crippen molar-refractivity contribution in [3.63, 3.8) is 0 Å². The van der Waals surface area contributed by atoms with Crippen LogP contribution in [0.3, 0.4) is 0 Å². The van der Waals surface area contributed by atoms with Crippen LogP contribution in [-0.2, 0) is 0 Å². The monoisotopic (exact) mass is 689 g/mol. The Labute approximate surface area is 317 Å². The van der Waals surface area contributed by atoms with E-state index < -0.39 is 0 Å². The Morgan fingerprint density at radius 2 is 0.852 bits per heavy atom. The molecule has 0 aromatic heterocycles. The number of rotatable bonds is 8. The normalized spacial score (nSPS) is 12.1. The number of benzene rings is 9. The summed E-state index contributed by atoms with van der Waals surface area (Å²) in [5.41, 5.74) is 10.4. The van der Waals surface area contributed by atoms with E-state index in [9.17, 15) is 0 Å². The second kappa shape index (κ2) is 14.2. The van der Waals surface area contributed by atoms with Crippen LogP contribution < -0.4 is 4.90 Å². The summed E-state index contributed by atoms with van der Waals surface area (Å²) in [7, 11) is 0. The lowest BCUT2D eigenvalue weighted by molar-refractivity contribution is 1.21. The van der Waals surface area contributed by atoms with Gasteiger partial charge in [-0.15, -0.1) is 0 Å². The van der Waals surface area contributed by atoms with Gasteiger partial charge in [-0.2, -0.15) is 0 Å². The number of hydrogen-bond donors (Lipinski definition) is 0. The van der Waals surface area contributed by atoms with Crippen molar-refractivity contribution in [1.29, 1.82) is 0 Å². The van der Waals surface area contributed by atoms with Gasteiger partial charge in [0, 0.05) is 17.1 Å². The molecular weight excluding hydrogens is 651 g/mol. The van der Waals surface area contributed by atoms with E-state index in [1.54, 1.807) is 0 Å². The van der Waals surface area contributed by atoms with E-state index in [0.717, 1.165) is 17.1 Å². The average molecular weight is 690 g/mol. The molecule has 0 N–H and O–H groups in total. The molecule has 0 aliphatic rings. The summed E-state index contributed by atoms with van der Waals surface area (Å²) >= 11 is 0. The van der Waals surface area contributed by atoms with E-state index in [1.165, 1.54) is 76.5 Å². The highest BCUT2D eigenvalue weighted by molar-refractivity contribution is 6.15. The topological polar surface area (TPSA) is 3.24 Å². The van der Waals surface area contributed by atoms with E-state index in [2.05, 4.69) is 219 Å². The summed E-state index contributed by atoms with van der Waals surface area (Å²) in [5, 5.41) is 10.1. The van der Waals surface area contributed by atoms with Crippen LogP contribution in [0.5, 0.6) is 0 Å². The molecule has 0 unspecified atom stereocenters. The Balaban J connectivity index is 1.17. The lowest BCUT2D eigenvalue weighted by Crippen LogP contribution is -2.15. The predicted molar refractivity (Wildman–Crippen MR) is 234 cm³/mol. The van der Waals surface area contributed by atoms with Crippen molar-refractivity contribution in [2.24, 2.45) is 0 Å². The van der Waals surface area contributed by atoms with Gasteiger partial charge in [-0.05, 0) is 132 Å². The standard InChI is InChI=1S/C53H39N/c1-3-15-45(34-37(2)38-16-5-4-6-17-38)54(43-30-26-39(27-31-43)52-35-41-18-7-9-20-46(41)48-22-11-13-24-50(48)52)44-32-28-40(29-33-44)53-36-42-19-8-10-21-47(42)49-23-12-14-25-51(49)53/h3-36H,1H2,2H3/b37-34+,45-15+. The minimum Gasteiger partial charge on any atom is -0.310 e. The van der Waals surface area contributed by atoms with Crippen LogP contribution in [0.1, 0.15) is 12.5 Å². The quantitative estimate of drug-likeness (QED) is 0.113. The van der Waals surface area contributed by atoms with Gasteiger partial charge in [0.2, 0.25) is 0 Å². The average Bonchev–Trinajstić information content (AvgIpc) is 3.24. The highest BCUT2D eigenvalue weighted by Crippen LogP contribution is 2.40. The fraction of sp³-hybridized carbons (Fsp3) is 0.0189. The molecule has 54 heavy (non-hydrogen) atoms. The molecule has 0 aliphatic carbocycles. The third-order valence-corrected chi connectivity index (χ3v) is 10.5. The highest BCUT2D eigenvalue weighted by Gasteiger charge is 2.17. The van der Waals surface area contributed by atoms with Crippen molar-refractivity contribution < 1.29 is 0 Å². The maximum absolute atomic E-state index is 4.13. The summed E-state index contributed by atoms with van der Waals surface area (Å²) < 4.78 is 0. The summed E-state index contributed by atoms with van der Waals surface area (Å²) in [4.78, 5) is 2.33. The van der Waals surface area contributed by atoms with Gasteiger partial charge in [0.1, 0.15) is 0 Å². The molecule has 0 atom stereocenters. The molecule has 1 heteroatoms. The SMILES string of the molecule is C=C/C=C(\C=C(/C)c1ccccc1)N(c1ccc(-c2cc3ccccc3c3ccccc23)cc1)c1ccc(-c2cc3ccccc3c3ccccc23)cc1. The lowest BCUT2D eigenvalue weighted by Gasteiger charge is -2.27. The van der Waals surface area contributed by atoms with Crippen molar-refractivity contribution in [1.82, 2.24) is 0 Å². The van der Waals surface area contributed by atoms with Gasteiger partial charge in [-0.25, -0.2) is 0 Å². The summed E-state index contributed by atoms with van der Waals surface area (Å²) in [6.07, 6.45) is 6.23. The van der Waals surface area contributed by atoms with Crippen LogP contribution in [0.4, 0.5) is 11.4 Å². The second-order valence-electron chi connectivity index (χ2n) is 13.8. The molecule has 0 fully saturated rings. The molecule has 0 saturated heterocycles. The molecule has 9 aromatic carbocycles. The zero-order valence-electron chi connectivity index (χ0n) is 30.3. The molecule has 9 aromatic rings. The van der Waals surface area contributed by atoms with E-state index in [1.807, 2.05) is 6.08 Å². The first-order valence-corrected chi connectivity index (χ1v) is 18.5. The van der Waals surface area contributed by atoms with E-state index in [-0.39, 0.29) is 0 Å². The smallest absolute Gasteiger partial charge is 0.0464 e. The van der Waals surface area contributed by atoms with Crippen LogP contribution in [0.15, 0.2) is 219 Å². The van der Waals surface area contributed by atoms with Crippen LogP contribution in [0, 0.1) is 0 Å². The van der Waals surface area contributed by atoms with Crippen molar-refractivity contribution >= 4 is 60.0 Å². The van der Waals surface area contributed by atoms with Gasteiger partial charge in [0.15, 0.2) is 0 Å². The molecule has 0 heterocycles. The first-order valence-electron chi connectivity index (χ1n) is 18.5. The van der Waals surface area contributed by atoms with Crippen molar-refractivity contribution in [3.8, 4) is 22.3 Å². The zero-order valence-corrected chi connectivity index (χ0v) is 30.3. The number of hydrogen-bond acceptors (Lipinski definition) is 1. The Hall–Kier alpha value is -6.96. The second-order valence-corrected chi connectivity index (χ2v) is 13.8. The first-order chi connectivity index (χ1) is 26.7. The zero-order chi connectivity index (χ0) is 36.4. The minimum atomic E-state index is 1.03. The molecule has 0 amide bonds. The molecule has 256 valence electrons. The minimum absolute atomic E-state index is 1.03. The Bertz CT molecular complexity index is 2710. The Morgan fingerprint density at radius 1 is 0.444 bits per heavy atom. The molecule has 0 radical (unpaired) electrons. The molecule has 9 rings (SSSR count). The number of allylic oxidation sites excluding steroid dienone is 4. The van der Waals surface area contributed by atoms with E-state index in [0.29, 0.717) is 0 Å². The van der Waals surface area contributed by atoms with E-state index in [4.69, 9.17) is 0 Å². The van der Waals surface area contributed by atoms with Gasteiger partial charge >= 0.3 is 0 Å². The van der Waals surface area contributed by atoms with Crippen molar-refractivity contribution in [2.45, 2.75) is 6.92 Å². The molecule has 0 spiro atoms. The lowest BCUT2D eigenvalue weighted by atomic mass is 9.93. The Morgan fingerprint density at radius 3 is 1.31 bits per heavy atom. The first kappa shape index (κ1) is 32.9.